The number of ether oxygens (including phenoxy) is 1. The number of nitrogens with zero attached hydrogens (tertiary/aromatic N) is 2. The molecule has 0 radical (unpaired) electrons. The van der Waals surface area contributed by atoms with Crippen LogP contribution in [0.5, 0.6) is 0 Å². The first kappa shape index (κ1) is 16.5. The van der Waals surface area contributed by atoms with Gasteiger partial charge in [-0.15, -0.1) is 10.2 Å². The van der Waals surface area contributed by atoms with Gasteiger partial charge in [0.1, 0.15) is 10.0 Å². The molecule has 1 N–H and O–H groups in total. The molecule has 0 fully saturated rings. The van der Waals surface area contributed by atoms with Gasteiger partial charge in [-0.25, -0.2) is 0 Å². The Hall–Kier alpha value is -0.820. The average Bonchev–Trinajstić information content (AvgIpc) is 2.90. The third kappa shape index (κ3) is 5.47. The maximum absolute atomic E-state index is 4.99. The van der Waals surface area contributed by atoms with Crippen molar-refractivity contribution in [3.05, 3.63) is 33.2 Å². The first-order chi connectivity index (χ1) is 10.2. The SMILES string of the molecule is COCCNCCCc1nnc(-c2cc(C)cc(Br)c2)s1. The zero-order valence-corrected chi connectivity index (χ0v) is 14.8. The summed E-state index contributed by atoms with van der Waals surface area (Å²) in [6.45, 7) is 4.72. The molecular formula is C15H20BrN3OS. The van der Waals surface area contributed by atoms with Crippen LogP contribution < -0.4 is 5.32 Å². The number of nitrogens with one attached hydrogen (secondary N) is 1. The van der Waals surface area contributed by atoms with E-state index in [0.29, 0.717) is 0 Å². The predicted octanol–water partition coefficient (Wildman–Crippen LogP) is 3.44. The van der Waals surface area contributed by atoms with Gasteiger partial charge in [0.15, 0.2) is 0 Å². The number of hydrogen-bond acceptors (Lipinski definition) is 5. The molecule has 0 aliphatic heterocycles. The topological polar surface area (TPSA) is 47.0 Å². The van der Waals surface area contributed by atoms with Crippen LogP contribution in [0.15, 0.2) is 22.7 Å². The van der Waals surface area contributed by atoms with Crippen LogP contribution in [0.2, 0.25) is 0 Å². The fourth-order valence-corrected chi connectivity index (χ4v) is 3.47. The Kier molecular flexibility index (Phi) is 6.76. The molecule has 0 bridgehead atoms. The van der Waals surface area contributed by atoms with Crippen LogP contribution in [0.4, 0.5) is 0 Å². The van der Waals surface area contributed by atoms with Crippen molar-refractivity contribution in [3.8, 4) is 10.6 Å². The molecule has 21 heavy (non-hydrogen) atoms. The van der Waals surface area contributed by atoms with Crippen molar-refractivity contribution in [2.24, 2.45) is 0 Å². The van der Waals surface area contributed by atoms with Crippen molar-refractivity contribution in [2.75, 3.05) is 26.8 Å². The lowest BCUT2D eigenvalue weighted by Gasteiger charge is -2.02. The van der Waals surface area contributed by atoms with E-state index in [1.807, 2.05) is 0 Å². The standard InChI is InChI=1S/C15H20BrN3OS/c1-11-8-12(10-13(16)9-11)15-19-18-14(21-15)4-3-5-17-6-7-20-2/h8-10,17H,3-7H2,1-2H3. The molecule has 1 aromatic carbocycles. The predicted molar refractivity (Wildman–Crippen MR) is 90.8 cm³/mol. The van der Waals surface area contributed by atoms with Crippen molar-refractivity contribution in [1.29, 1.82) is 0 Å². The maximum atomic E-state index is 4.99. The molecule has 2 rings (SSSR count). The molecule has 6 heteroatoms. The first-order valence-corrected chi connectivity index (χ1v) is 8.59. The number of methoxy groups -OCH3 is 1. The molecule has 0 spiro atoms. The Balaban J connectivity index is 1.86. The van der Waals surface area contributed by atoms with Crippen LogP contribution in [0.1, 0.15) is 17.0 Å². The quantitative estimate of drug-likeness (QED) is 0.723. The van der Waals surface area contributed by atoms with Crippen molar-refractivity contribution >= 4 is 27.3 Å². The van der Waals surface area contributed by atoms with Gasteiger partial charge in [-0.3, -0.25) is 0 Å². The van der Waals surface area contributed by atoms with Crippen molar-refractivity contribution < 1.29 is 4.74 Å². The molecule has 0 saturated heterocycles. The third-order valence-electron chi connectivity index (χ3n) is 2.98. The Labute approximate surface area is 138 Å². The van der Waals surface area contributed by atoms with Crippen LogP contribution >= 0.6 is 27.3 Å². The minimum Gasteiger partial charge on any atom is -0.383 e. The highest BCUT2D eigenvalue weighted by Crippen LogP contribution is 2.27. The smallest absolute Gasteiger partial charge is 0.147 e. The van der Waals surface area contributed by atoms with Crippen LogP contribution in [-0.2, 0) is 11.2 Å². The van der Waals surface area contributed by atoms with E-state index >= 15 is 0 Å². The highest BCUT2D eigenvalue weighted by Gasteiger charge is 2.07. The number of hydrogen-bond donors (Lipinski definition) is 1. The molecule has 4 nitrogen and oxygen atoms in total. The van der Waals surface area contributed by atoms with Gasteiger partial charge in [-0.2, -0.15) is 0 Å². The van der Waals surface area contributed by atoms with E-state index in [0.717, 1.165) is 52.6 Å². The summed E-state index contributed by atoms with van der Waals surface area (Å²) in [6, 6.07) is 6.32. The van der Waals surface area contributed by atoms with Gasteiger partial charge < -0.3 is 10.1 Å². The minimum absolute atomic E-state index is 0.755. The first-order valence-electron chi connectivity index (χ1n) is 6.98. The molecule has 0 aliphatic rings. The summed E-state index contributed by atoms with van der Waals surface area (Å²) < 4.78 is 6.07. The molecule has 1 heterocycles. The zero-order valence-electron chi connectivity index (χ0n) is 12.4. The maximum Gasteiger partial charge on any atom is 0.147 e. The van der Waals surface area contributed by atoms with E-state index < -0.39 is 0 Å². The molecule has 0 saturated carbocycles. The van der Waals surface area contributed by atoms with Gasteiger partial charge in [-0.05, 0) is 43.7 Å². The summed E-state index contributed by atoms with van der Waals surface area (Å²) in [6.07, 6.45) is 2.03. The average molecular weight is 370 g/mol. The van der Waals surface area contributed by atoms with Gasteiger partial charge in [0.25, 0.3) is 0 Å². The minimum atomic E-state index is 0.755. The van der Waals surface area contributed by atoms with Crippen molar-refractivity contribution in [3.63, 3.8) is 0 Å². The van der Waals surface area contributed by atoms with Gasteiger partial charge >= 0.3 is 0 Å². The Morgan fingerprint density at radius 3 is 2.86 bits per heavy atom. The van der Waals surface area contributed by atoms with Crippen LogP contribution in [0, 0.1) is 6.92 Å². The summed E-state index contributed by atoms with van der Waals surface area (Å²) in [4.78, 5) is 0. The highest BCUT2D eigenvalue weighted by atomic mass is 79.9. The van der Waals surface area contributed by atoms with E-state index in [1.54, 1.807) is 18.4 Å². The molecule has 0 atom stereocenters. The molecule has 0 amide bonds. The molecule has 0 aliphatic carbocycles. The summed E-state index contributed by atoms with van der Waals surface area (Å²) in [5, 5.41) is 14.0. The Morgan fingerprint density at radius 1 is 1.24 bits per heavy atom. The second-order valence-electron chi connectivity index (χ2n) is 4.86. The summed E-state index contributed by atoms with van der Waals surface area (Å²) in [7, 11) is 1.72. The molecule has 114 valence electrons. The van der Waals surface area contributed by atoms with E-state index in [1.165, 1.54) is 5.56 Å². The monoisotopic (exact) mass is 369 g/mol. The lowest BCUT2D eigenvalue weighted by molar-refractivity contribution is 0.199. The van der Waals surface area contributed by atoms with Gasteiger partial charge in [0.2, 0.25) is 0 Å². The van der Waals surface area contributed by atoms with E-state index in [-0.39, 0.29) is 0 Å². The Morgan fingerprint density at radius 2 is 2.10 bits per heavy atom. The number of aromatic nitrogens is 2. The number of rotatable bonds is 8. The Bertz CT molecular complexity index is 554. The summed E-state index contributed by atoms with van der Waals surface area (Å²) in [5.41, 5.74) is 2.35. The van der Waals surface area contributed by atoms with Crippen LogP contribution in [-0.4, -0.2) is 37.0 Å². The van der Waals surface area contributed by atoms with E-state index in [9.17, 15) is 0 Å². The summed E-state index contributed by atoms with van der Waals surface area (Å²) >= 11 is 5.20. The van der Waals surface area contributed by atoms with Gasteiger partial charge in [0.05, 0.1) is 6.61 Å². The van der Waals surface area contributed by atoms with E-state index in [4.69, 9.17) is 4.74 Å². The molecule has 0 unspecified atom stereocenters. The zero-order chi connectivity index (χ0) is 15.1. The second kappa shape index (κ2) is 8.58. The van der Waals surface area contributed by atoms with Gasteiger partial charge in [-0.1, -0.05) is 27.3 Å². The lowest BCUT2D eigenvalue weighted by Crippen LogP contribution is -2.20. The number of benzene rings is 1. The second-order valence-corrected chi connectivity index (χ2v) is 6.84. The summed E-state index contributed by atoms with van der Waals surface area (Å²) in [5.74, 6) is 0. The van der Waals surface area contributed by atoms with Gasteiger partial charge in [0, 0.05) is 30.1 Å². The fourth-order valence-electron chi connectivity index (χ4n) is 1.99. The fraction of sp³-hybridized carbons (Fsp3) is 0.467. The highest BCUT2D eigenvalue weighted by molar-refractivity contribution is 9.10. The van der Waals surface area contributed by atoms with Crippen molar-refractivity contribution in [2.45, 2.75) is 19.8 Å². The largest absolute Gasteiger partial charge is 0.383 e. The van der Waals surface area contributed by atoms with Crippen LogP contribution in [0.25, 0.3) is 10.6 Å². The molecule has 1 aromatic heterocycles. The molecule has 2 aromatic rings. The van der Waals surface area contributed by atoms with Crippen LogP contribution in [0.3, 0.4) is 0 Å². The third-order valence-corrected chi connectivity index (χ3v) is 4.47. The lowest BCUT2D eigenvalue weighted by atomic mass is 10.1. The normalized spacial score (nSPS) is 11.0. The number of halogens is 1. The molecular weight excluding hydrogens is 350 g/mol. The number of aryl methyl sites for hydroxylation is 2. The van der Waals surface area contributed by atoms with E-state index in [2.05, 4.69) is 56.6 Å². The van der Waals surface area contributed by atoms with Crippen molar-refractivity contribution in [1.82, 2.24) is 15.5 Å².